The number of nitrogens with one attached hydrogen (secondary N) is 1. The minimum absolute atomic E-state index is 0.134. The van der Waals surface area contributed by atoms with Crippen molar-refractivity contribution in [1.82, 2.24) is 15.1 Å². The number of aromatic nitrogens is 2. The van der Waals surface area contributed by atoms with E-state index in [4.69, 9.17) is 10.8 Å². The van der Waals surface area contributed by atoms with Crippen molar-refractivity contribution >= 4 is 11.9 Å². The maximum Gasteiger partial charge on any atom is 0.311 e. The maximum atomic E-state index is 11.9. The van der Waals surface area contributed by atoms with E-state index in [1.54, 1.807) is 17.9 Å². The lowest BCUT2D eigenvalue weighted by Gasteiger charge is -2.37. The fourth-order valence-electron chi connectivity index (χ4n) is 2.19. The molecule has 1 unspecified atom stereocenters. The van der Waals surface area contributed by atoms with Crippen molar-refractivity contribution in [3.8, 4) is 0 Å². The van der Waals surface area contributed by atoms with Crippen LogP contribution in [0.5, 0.6) is 0 Å². The zero-order chi connectivity index (χ0) is 14.0. The second-order valence-corrected chi connectivity index (χ2v) is 5.08. The molecule has 1 fully saturated rings. The van der Waals surface area contributed by atoms with Crippen LogP contribution >= 0.6 is 0 Å². The number of hydrogen-bond donors (Lipinski definition) is 3. The molecule has 1 aliphatic rings. The van der Waals surface area contributed by atoms with Crippen molar-refractivity contribution in [2.75, 3.05) is 6.54 Å². The van der Waals surface area contributed by atoms with Crippen LogP contribution in [0.1, 0.15) is 30.9 Å². The number of aryl methyl sites for hydroxylation is 1. The van der Waals surface area contributed by atoms with E-state index in [1.165, 1.54) is 6.20 Å². The van der Waals surface area contributed by atoms with Crippen molar-refractivity contribution in [1.29, 1.82) is 0 Å². The third-order valence-corrected chi connectivity index (χ3v) is 3.73. The van der Waals surface area contributed by atoms with E-state index in [0.29, 0.717) is 18.4 Å². The molecule has 0 spiro atoms. The molecule has 7 heteroatoms. The van der Waals surface area contributed by atoms with Crippen LogP contribution in [0.2, 0.25) is 0 Å². The van der Waals surface area contributed by atoms with Crippen molar-refractivity contribution in [2.24, 2.45) is 18.2 Å². The van der Waals surface area contributed by atoms with Crippen LogP contribution in [-0.4, -0.2) is 33.3 Å². The van der Waals surface area contributed by atoms with Crippen LogP contribution in [0.3, 0.4) is 0 Å². The summed E-state index contributed by atoms with van der Waals surface area (Å²) in [5.74, 6) is -1.23. The molecule has 0 aliphatic heterocycles. The Labute approximate surface area is 110 Å². The fourth-order valence-corrected chi connectivity index (χ4v) is 2.19. The first kappa shape index (κ1) is 13.5. The van der Waals surface area contributed by atoms with Gasteiger partial charge in [0.15, 0.2) is 0 Å². The fraction of sp³-hybridized carbons (Fsp3) is 0.583. The van der Waals surface area contributed by atoms with Crippen molar-refractivity contribution in [2.45, 2.75) is 25.3 Å². The van der Waals surface area contributed by atoms with Crippen LogP contribution in [0.4, 0.5) is 0 Å². The van der Waals surface area contributed by atoms with E-state index in [2.05, 4.69) is 10.4 Å². The quantitative estimate of drug-likeness (QED) is 0.683. The Morgan fingerprint density at radius 1 is 1.63 bits per heavy atom. The molecule has 7 nitrogen and oxygen atoms in total. The Morgan fingerprint density at radius 3 is 2.74 bits per heavy atom. The molecule has 0 bridgehead atoms. The Hall–Kier alpha value is -1.89. The molecule has 0 aromatic carbocycles. The summed E-state index contributed by atoms with van der Waals surface area (Å²) in [5, 5.41) is 15.7. The molecule has 4 N–H and O–H groups in total. The normalized spacial score (nSPS) is 18.4. The van der Waals surface area contributed by atoms with Gasteiger partial charge < -0.3 is 16.2 Å². The maximum absolute atomic E-state index is 11.9. The highest BCUT2D eigenvalue weighted by Crippen LogP contribution is 2.40. The molecule has 1 heterocycles. The van der Waals surface area contributed by atoms with Gasteiger partial charge in [-0.25, -0.2) is 0 Å². The summed E-state index contributed by atoms with van der Waals surface area (Å²) in [6.07, 6.45) is 5.29. The molecule has 1 aromatic rings. The van der Waals surface area contributed by atoms with Gasteiger partial charge in [0.05, 0.1) is 11.6 Å². The summed E-state index contributed by atoms with van der Waals surface area (Å²) in [6, 6.07) is -0.820. The van der Waals surface area contributed by atoms with Gasteiger partial charge in [-0.1, -0.05) is 6.42 Å². The molecule has 1 saturated carbocycles. The SMILES string of the molecule is Cn1cc(C(N)C(=O)NCC2(C(=O)O)CCC2)cn1. The number of carboxylic acids is 1. The highest BCUT2D eigenvalue weighted by molar-refractivity contribution is 5.84. The summed E-state index contributed by atoms with van der Waals surface area (Å²) < 4.78 is 1.56. The summed E-state index contributed by atoms with van der Waals surface area (Å²) in [4.78, 5) is 23.1. The van der Waals surface area contributed by atoms with Crippen LogP contribution in [-0.2, 0) is 16.6 Å². The van der Waals surface area contributed by atoms with Crippen LogP contribution < -0.4 is 11.1 Å². The van der Waals surface area contributed by atoms with Crippen LogP contribution in [0, 0.1) is 5.41 Å². The molecule has 0 radical (unpaired) electrons. The predicted molar refractivity (Wildman–Crippen MR) is 67.1 cm³/mol. The largest absolute Gasteiger partial charge is 0.481 e. The summed E-state index contributed by atoms with van der Waals surface area (Å²) in [7, 11) is 1.74. The highest BCUT2D eigenvalue weighted by Gasteiger charge is 2.44. The van der Waals surface area contributed by atoms with E-state index in [9.17, 15) is 9.59 Å². The number of carboxylic acid groups (broad SMARTS) is 1. The molecule has 1 aliphatic carbocycles. The Bertz CT molecular complexity index is 493. The first-order valence-electron chi connectivity index (χ1n) is 6.20. The van der Waals surface area contributed by atoms with Gasteiger partial charge >= 0.3 is 5.97 Å². The Kier molecular flexibility index (Phi) is 3.57. The summed E-state index contributed by atoms with van der Waals surface area (Å²) in [6.45, 7) is 0.134. The number of carbonyl (C=O) groups excluding carboxylic acids is 1. The topological polar surface area (TPSA) is 110 Å². The highest BCUT2D eigenvalue weighted by atomic mass is 16.4. The minimum Gasteiger partial charge on any atom is -0.481 e. The van der Waals surface area contributed by atoms with E-state index in [-0.39, 0.29) is 12.5 Å². The molecule has 104 valence electrons. The number of hydrogen-bond acceptors (Lipinski definition) is 4. The predicted octanol–water partition coefficient (Wildman–Crippen LogP) is -0.209. The van der Waals surface area contributed by atoms with Crippen molar-refractivity contribution in [3.05, 3.63) is 18.0 Å². The molecular weight excluding hydrogens is 248 g/mol. The molecular formula is C12H18N4O3. The van der Waals surface area contributed by atoms with Crippen molar-refractivity contribution < 1.29 is 14.7 Å². The second kappa shape index (κ2) is 5.00. The summed E-state index contributed by atoms with van der Waals surface area (Å²) in [5.41, 5.74) is 5.61. The van der Waals surface area contributed by atoms with Gasteiger partial charge in [-0.05, 0) is 12.8 Å². The third kappa shape index (κ3) is 2.60. The number of nitrogens with zero attached hydrogens (tertiary/aromatic N) is 2. The lowest BCUT2D eigenvalue weighted by molar-refractivity contribution is -0.154. The summed E-state index contributed by atoms with van der Waals surface area (Å²) >= 11 is 0. The zero-order valence-corrected chi connectivity index (χ0v) is 10.8. The van der Waals surface area contributed by atoms with Gasteiger partial charge in [0, 0.05) is 25.4 Å². The van der Waals surface area contributed by atoms with E-state index in [1.807, 2.05) is 0 Å². The van der Waals surface area contributed by atoms with Gasteiger partial charge in [-0.15, -0.1) is 0 Å². The second-order valence-electron chi connectivity index (χ2n) is 5.08. The standard InChI is InChI=1S/C12H18N4O3/c1-16-6-8(5-15-16)9(13)10(17)14-7-12(11(18)19)3-2-4-12/h5-6,9H,2-4,7,13H2,1H3,(H,14,17)(H,18,19). The Balaban J connectivity index is 1.92. The Morgan fingerprint density at radius 2 is 2.32 bits per heavy atom. The molecule has 0 saturated heterocycles. The van der Waals surface area contributed by atoms with E-state index >= 15 is 0 Å². The van der Waals surface area contributed by atoms with Gasteiger partial charge in [0.1, 0.15) is 6.04 Å². The van der Waals surface area contributed by atoms with Crippen LogP contribution in [0.15, 0.2) is 12.4 Å². The van der Waals surface area contributed by atoms with Gasteiger partial charge in [-0.2, -0.15) is 5.10 Å². The van der Waals surface area contributed by atoms with E-state index < -0.39 is 17.4 Å². The van der Waals surface area contributed by atoms with E-state index in [0.717, 1.165) is 6.42 Å². The number of nitrogens with two attached hydrogens (primary N) is 1. The molecule has 1 aromatic heterocycles. The number of aliphatic carboxylic acids is 1. The molecule has 1 atom stereocenters. The molecule has 1 amide bonds. The minimum atomic E-state index is -0.853. The number of rotatable bonds is 5. The first-order chi connectivity index (χ1) is 8.94. The third-order valence-electron chi connectivity index (χ3n) is 3.73. The number of carbonyl (C=O) groups is 2. The number of amides is 1. The lowest BCUT2D eigenvalue weighted by Crippen LogP contribution is -2.49. The van der Waals surface area contributed by atoms with Gasteiger partial charge in [0.2, 0.25) is 5.91 Å². The zero-order valence-electron chi connectivity index (χ0n) is 10.8. The molecule has 2 rings (SSSR count). The average molecular weight is 266 g/mol. The van der Waals surface area contributed by atoms with Crippen LogP contribution in [0.25, 0.3) is 0 Å². The average Bonchev–Trinajstić information content (AvgIpc) is 2.72. The van der Waals surface area contributed by atoms with Gasteiger partial charge in [0.25, 0.3) is 0 Å². The smallest absolute Gasteiger partial charge is 0.311 e. The van der Waals surface area contributed by atoms with Gasteiger partial charge in [-0.3, -0.25) is 14.3 Å². The monoisotopic (exact) mass is 266 g/mol. The first-order valence-corrected chi connectivity index (χ1v) is 6.20. The van der Waals surface area contributed by atoms with Crippen molar-refractivity contribution in [3.63, 3.8) is 0 Å². The molecule has 19 heavy (non-hydrogen) atoms. The lowest BCUT2D eigenvalue weighted by atomic mass is 9.69.